The maximum atomic E-state index is 6.11. The maximum Gasteiger partial charge on any atom is 0.137 e. The Kier molecular flexibility index (Phi) is 3.82. The lowest BCUT2D eigenvalue weighted by Gasteiger charge is -2.17. The lowest BCUT2D eigenvalue weighted by Crippen LogP contribution is -2.02. The number of benzene rings is 1. The zero-order valence-electron chi connectivity index (χ0n) is 10.1. The Morgan fingerprint density at radius 3 is 2.53 bits per heavy atom. The topological polar surface area (TPSA) is 9.23 Å². The standard InChI is InChI=1S/C13H15Br2ClO/c1-13(2)6-9(13)11(15)8-4-7(16)5-10(14)12(8)17-3/h4-5,9,11H,6H2,1-3H3. The predicted molar refractivity (Wildman–Crippen MR) is 79.3 cm³/mol. The second-order valence-corrected chi connectivity index (χ2v) is 7.49. The highest BCUT2D eigenvalue weighted by atomic mass is 79.9. The van der Waals surface area contributed by atoms with Crippen molar-refractivity contribution < 1.29 is 4.74 Å². The second-order valence-electron chi connectivity index (χ2n) is 5.21. The molecule has 2 rings (SSSR count). The van der Waals surface area contributed by atoms with Crippen LogP contribution in [0, 0.1) is 11.3 Å². The zero-order chi connectivity index (χ0) is 12.8. The van der Waals surface area contributed by atoms with Gasteiger partial charge in [-0.25, -0.2) is 0 Å². The van der Waals surface area contributed by atoms with Crippen molar-refractivity contribution in [2.24, 2.45) is 11.3 Å². The highest BCUT2D eigenvalue weighted by molar-refractivity contribution is 9.10. The molecular formula is C13H15Br2ClO. The minimum Gasteiger partial charge on any atom is -0.495 e. The van der Waals surface area contributed by atoms with Gasteiger partial charge in [0.15, 0.2) is 0 Å². The first-order valence-corrected chi connectivity index (χ1v) is 7.62. The number of hydrogen-bond donors (Lipinski definition) is 0. The third-order valence-electron chi connectivity index (χ3n) is 3.48. The second kappa shape index (κ2) is 4.75. The molecule has 2 unspecified atom stereocenters. The van der Waals surface area contributed by atoms with Gasteiger partial charge < -0.3 is 4.74 Å². The van der Waals surface area contributed by atoms with Gasteiger partial charge in [-0.1, -0.05) is 41.4 Å². The number of alkyl halides is 1. The van der Waals surface area contributed by atoms with Gasteiger partial charge >= 0.3 is 0 Å². The average Bonchev–Trinajstić information content (AvgIpc) is 2.85. The Balaban J connectivity index is 2.37. The number of methoxy groups -OCH3 is 1. The highest BCUT2D eigenvalue weighted by Gasteiger charge is 2.50. The van der Waals surface area contributed by atoms with Gasteiger partial charge in [0.2, 0.25) is 0 Å². The fourth-order valence-electron chi connectivity index (χ4n) is 2.22. The largest absolute Gasteiger partial charge is 0.495 e. The quantitative estimate of drug-likeness (QED) is 0.619. The van der Waals surface area contributed by atoms with Crippen molar-refractivity contribution in [1.29, 1.82) is 0 Å². The zero-order valence-corrected chi connectivity index (χ0v) is 14.0. The summed E-state index contributed by atoms with van der Waals surface area (Å²) in [5.41, 5.74) is 1.54. The molecule has 1 aliphatic carbocycles. The molecule has 0 heterocycles. The molecule has 0 saturated heterocycles. The van der Waals surface area contributed by atoms with Crippen LogP contribution >= 0.6 is 43.5 Å². The minimum atomic E-state index is 0.294. The molecule has 0 amide bonds. The summed E-state index contributed by atoms with van der Waals surface area (Å²) < 4.78 is 6.37. The number of halogens is 3. The van der Waals surface area contributed by atoms with E-state index in [1.807, 2.05) is 12.1 Å². The van der Waals surface area contributed by atoms with Gasteiger partial charge in [0, 0.05) is 15.4 Å². The van der Waals surface area contributed by atoms with Crippen LogP contribution in [-0.4, -0.2) is 7.11 Å². The first-order chi connectivity index (χ1) is 7.86. The van der Waals surface area contributed by atoms with Crippen molar-refractivity contribution >= 4 is 43.5 Å². The SMILES string of the molecule is COc1c(Br)cc(Cl)cc1C(Br)C1CC1(C)C. The molecule has 0 aliphatic heterocycles. The monoisotopic (exact) mass is 380 g/mol. The maximum absolute atomic E-state index is 6.11. The number of rotatable bonds is 3. The molecule has 17 heavy (non-hydrogen) atoms. The summed E-state index contributed by atoms with van der Waals surface area (Å²) in [5, 5.41) is 0.732. The van der Waals surface area contributed by atoms with E-state index >= 15 is 0 Å². The fourth-order valence-corrected chi connectivity index (χ4v) is 4.46. The van der Waals surface area contributed by atoms with Gasteiger partial charge in [-0.3, -0.25) is 0 Å². The van der Waals surface area contributed by atoms with E-state index in [2.05, 4.69) is 45.7 Å². The number of hydrogen-bond acceptors (Lipinski definition) is 1. The van der Waals surface area contributed by atoms with Crippen molar-refractivity contribution in [2.75, 3.05) is 7.11 Å². The first kappa shape index (κ1) is 13.7. The van der Waals surface area contributed by atoms with Crippen LogP contribution in [0.25, 0.3) is 0 Å². The Morgan fingerprint density at radius 1 is 1.47 bits per heavy atom. The average molecular weight is 383 g/mol. The molecule has 0 bridgehead atoms. The molecule has 1 fully saturated rings. The molecule has 0 aromatic heterocycles. The number of ether oxygens (including phenoxy) is 1. The molecule has 0 spiro atoms. The molecule has 0 radical (unpaired) electrons. The summed E-state index contributed by atoms with van der Waals surface area (Å²) in [5.74, 6) is 1.51. The predicted octanol–water partition coefficient (Wildman–Crippen LogP) is 5.59. The Hall–Kier alpha value is 0.270. The van der Waals surface area contributed by atoms with Gasteiger partial charge in [-0.15, -0.1) is 0 Å². The summed E-state index contributed by atoms with van der Waals surface area (Å²) in [4.78, 5) is 0.294. The van der Waals surface area contributed by atoms with Gasteiger partial charge in [0.1, 0.15) is 5.75 Å². The normalized spacial score (nSPS) is 23.3. The van der Waals surface area contributed by atoms with Crippen molar-refractivity contribution in [3.63, 3.8) is 0 Å². The van der Waals surface area contributed by atoms with Crippen LogP contribution in [0.5, 0.6) is 5.75 Å². The van der Waals surface area contributed by atoms with Crippen molar-refractivity contribution in [1.82, 2.24) is 0 Å². The van der Waals surface area contributed by atoms with E-state index < -0.39 is 0 Å². The highest BCUT2D eigenvalue weighted by Crippen LogP contribution is 2.61. The van der Waals surface area contributed by atoms with E-state index in [-0.39, 0.29) is 0 Å². The molecule has 1 aromatic rings. The van der Waals surface area contributed by atoms with E-state index in [4.69, 9.17) is 16.3 Å². The van der Waals surface area contributed by atoms with Crippen molar-refractivity contribution in [3.8, 4) is 5.75 Å². The molecule has 94 valence electrons. The molecule has 1 saturated carbocycles. The summed E-state index contributed by atoms with van der Waals surface area (Å²) in [6.07, 6.45) is 1.23. The summed E-state index contributed by atoms with van der Waals surface area (Å²) in [6, 6.07) is 3.85. The lowest BCUT2D eigenvalue weighted by molar-refractivity contribution is 0.404. The van der Waals surface area contributed by atoms with Crippen LogP contribution in [0.4, 0.5) is 0 Å². The van der Waals surface area contributed by atoms with Crippen molar-refractivity contribution in [2.45, 2.75) is 25.1 Å². The van der Waals surface area contributed by atoms with E-state index in [1.165, 1.54) is 6.42 Å². The van der Waals surface area contributed by atoms with E-state index in [1.54, 1.807) is 7.11 Å². The molecule has 2 atom stereocenters. The molecule has 1 aliphatic rings. The molecular weight excluding hydrogens is 367 g/mol. The third kappa shape index (κ3) is 2.66. The Labute approximate surface area is 124 Å². The first-order valence-electron chi connectivity index (χ1n) is 5.54. The van der Waals surface area contributed by atoms with Crippen LogP contribution in [0.15, 0.2) is 16.6 Å². The molecule has 4 heteroatoms. The van der Waals surface area contributed by atoms with E-state index in [0.29, 0.717) is 16.2 Å². The summed E-state index contributed by atoms with van der Waals surface area (Å²) in [7, 11) is 1.69. The minimum absolute atomic E-state index is 0.294. The van der Waals surface area contributed by atoms with Crippen LogP contribution in [-0.2, 0) is 0 Å². The van der Waals surface area contributed by atoms with Gasteiger partial charge in [-0.05, 0) is 45.8 Å². The molecule has 1 nitrogen and oxygen atoms in total. The van der Waals surface area contributed by atoms with Gasteiger partial charge in [0.25, 0.3) is 0 Å². The molecule has 0 N–H and O–H groups in total. The third-order valence-corrected chi connectivity index (χ3v) is 5.42. The van der Waals surface area contributed by atoms with E-state index in [9.17, 15) is 0 Å². The van der Waals surface area contributed by atoms with E-state index in [0.717, 1.165) is 20.8 Å². The van der Waals surface area contributed by atoms with Crippen LogP contribution < -0.4 is 4.74 Å². The summed E-state index contributed by atoms with van der Waals surface area (Å²) >= 11 is 13.4. The molecule has 1 aromatic carbocycles. The van der Waals surface area contributed by atoms with Crippen LogP contribution in [0.2, 0.25) is 5.02 Å². The Bertz CT molecular complexity index is 445. The van der Waals surface area contributed by atoms with Gasteiger partial charge in [-0.2, -0.15) is 0 Å². The van der Waals surface area contributed by atoms with Crippen LogP contribution in [0.1, 0.15) is 30.7 Å². The smallest absolute Gasteiger partial charge is 0.137 e. The Morgan fingerprint density at radius 2 is 2.06 bits per heavy atom. The van der Waals surface area contributed by atoms with Crippen molar-refractivity contribution in [3.05, 3.63) is 27.2 Å². The fraction of sp³-hybridized carbons (Fsp3) is 0.538. The lowest BCUT2D eigenvalue weighted by atomic mass is 10.0. The van der Waals surface area contributed by atoms with Gasteiger partial charge in [0.05, 0.1) is 11.6 Å². The summed E-state index contributed by atoms with van der Waals surface area (Å²) in [6.45, 7) is 4.58. The van der Waals surface area contributed by atoms with Crippen LogP contribution in [0.3, 0.4) is 0 Å².